The van der Waals surface area contributed by atoms with Crippen LogP contribution in [-0.2, 0) is 20.6 Å². The van der Waals surface area contributed by atoms with E-state index in [-0.39, 0.29) is 17.7 Å². The number of anilines is 6. The Kier molecular flexibility index (Phi) is 14.7. The Morgan fingerprint density at radius 1 is 0.853 bits per heavy atom. The van der Waals surface area contributed by atoms with E-state index in [9.17, 15) is 14.2 Å². The van der Waals surface area contributed by atoms with Crippen molar-refractivity contribution < 1.29 is 18.9 Å². The number of hydrogen-bond donors (Lipinski definition) is 3. The van der Waals surface area contributed by atoms with E-state index >= 15 is 0 Å². The molecule has 1 unspecified atom stereocenters. The molecule has 0 saturated carbocycles. The van der Waals surface area contributed by atoms with Crippen LogP contribution in [0.2, 0.25) is 0 Å². The highest BCUT2D eigenvalue weighted by atomic mass is 79.9. The largest absolute Gasteiger partial charge is 0.494 e. The molecular formula is C51H65BrN11O4P. The molecule has 0 bridgehead atoms. The second-order valence-electron chi connectivity index (χ2n) is 19.3. The summed E-state index contributed by atoms with van der Waals surface area (Å²) in [6.07, 6.45) is 12.8. The molecule has 4 fully saturated rings. The molecule has 9 rings (SSSR count). The SMILES string of the molecule is CCc1cc(Nc2ncc(Br)c(Nc3ccc4nccnc4c3P(C)(C)=O)n2)c(OC)cc1N1CCC(N2CCN(CCC3CCN(c4ccc(C5CCC(=O)NC5=O)c(C)c4)CC3)CC2)CC1. The first-order chi connectivity index (χ1) is 32.8. The number of ether oxygens (including phenoxy) is 1. The molecule has 17 heteroatoms. The Morgan fingerprint density at radius 3 is 2.31 bits per heavy atom. The molecule has 5 aromatic rings. The Balaban J connectivity index is 0.747. The second kappa shape index (κ2) is 20.8. The Labute approximate surface area is 408 Å². The zero-order chi connectivity index (χ0) is 47.5. The number of imide groups is 1. The van der Waals surface area contributed by atoms with Gasteiger partial charge in [-0.25, -0.2) is 4.98 Å². The maximum atomic E-state index is 13.6. The minimum Gasteiger partial charge on any atom is -0.494 e. The molecule has 2 amide bonds. The first kappa shape index (κ1) is 47.9. The van der Waals surface area contributed by atoms with Crippen LogP contribution in [0.3, 0.4) is 0 Å². The van der Waals surface area contributed by atoms with E-state index in [1.54, 1.807) is 39.0 Å². The van der Waals surface area contributed by atoms with Crippen molar-refractivity contribution in [1.82, 2.24) is 35.1 Å². The number of aryl methyl sites for hydroxylation is 2. The van der Waals surface area contributed by atoms with E-state index in [1.165, 1.54) is 42.7 Å². The smallest absolute Gasteiger partial charge is 0.234 e. The first-order valence-corrected chi connectivity index (χ1v) is 27.7. The number of carbonyl (C=O) groups excluding carboxylic acids is 2. The summed E-state index contributed by atoms with van der Waals surface area (Å²) in [5.41, 5.74) is 8.61. The minimum atomic E-state index is -2.77. The monoisotopic (exact) mass is 1010 g/mol. The van der Waals surface area contributed by atoms with Gasteiger partial charge in [0, 0.05) is 101 Å². The van der Waals surface area contributed by atoms with Crippen molar-refractivity contribution in [2.75, 3.05) is 99.8 Å². The lowest BCUT2D eigenvalue weighted by atomic mass is 9.87. The normalized spacial score (nSPS) is 19.4. The van der Waals surface area contributed by atoms with Crippen molar-refractivity contribution in [3.8, 4) is 5.75 Å². The van der Waals surface area contributed by atoms with Crippen molar-refractivity contribution in [2.45, 2.75) is 77.2 Å². The fraction of sp³-hybridized carbons (Fsp3) is 0.490. The van der Waals surface area contributed by atoms with Gasteiger partial charge >= 0.3 is 0 Å². The molecule has 360 valence electrons. The van der Waals surface area contributed by atoms with Gasteiger partial charge in [0.25, 0.3) is 0 Å². The molecule has 3 aromatic carbocycles. The third kappa shape index (κ3) is 10.7. The van der Waals surface area contributed by atoms with Crippen molar-refractivity contribution in [2.24, 2.45) is 5.92 Å². The Morgan fingerprint density at radius 2 is 1.60 bits per heavy atom. The van der Waals surface area contributed by atoms with E-state index in [2.05, 4.69) is 111 Å². The van der Waals surface area contributed by atoms with Crippen LogP contribution in [-0.4, -0.2) is 127 Å². The van der Waals surface area contributed by atoms with Gasteiger partial charge in [-0.3, -0.25) is 29.8 Å². The van der Waals surface area contributed by atoms with Gasteiger partial charge in [0.2, 0.25) is 17.8 Å². The summed E-state index contributed by atoms with van der Waals surface area (Å²) in [6, 6.07) is 15.2. The molecule has 6 heterocycles. The molecule has 1 atom stereocenters. The van der Waals surface area contributed by atoms with Crippen LogP contribution in [0.5, 0.6) is 5.75 Å². The topological polar surface area (TPSA) is 161 Å². The van der Waals surface area contributed by atoms with E-state index in [0.29, 0.717) is 57.1 Å². The van der Waals surface area contributed by atoms with Gasteiger partial charge in [0.1, 0.15) is 24.2 Å². The van der Waals surface area contributed by atoms with Gasteiger partial charge in [0.15, 0.2) is 0 Å². The van der Waals surface area contributed by atoms with Crippen LogP contribution >= 0.6 is 23.1 Å². The summed E-state index contributed by atoms with van der Waals surface area (Å²) >= 11 is 3.61. The lowest BCUT2D eigenvalue weighted by Crippen LogP contribution is -2.53. The van der Waals surface area contributed by atoms with Crippen LogP contribution < -0.4 is 35.8 Å². The maximum absolute atomic E-state index is 13.6. The van der Waals surface area contributed by atoms with E-state index in [0.717, 1.165) is 100 Å². The summed E-state index contributed by atoms with van der Waals surface area (Å²) in [4.78, 5) is 53.0. The highest BCUT2D eigenvalue weighted by molar-refractivity contribution is 9.10. The number of hydrogen-bond acceptors (Lipinski definition) is 14. The zero-order valence-corrected chi connectivity index (χ0v) is 42.5. The number of amides is 2. The minimum absolute atomic E-state index is 0.168. The fourth-order valence-corrected chi connectivity index (χ4v) is 12.5. The Hall–Kier alpha value is -5.15. The molecule has 0 radical (unpaired) electrons. The highest BCUT2D eigenvalue weighted by Gasteiger charge is 2.32. The number of rotatable bonds is 14. The Bertz CT molecular complexity index is 2690. The van der Waals surface area contributed by atoms with Crippen LogP contribution in [0.25, 0.3) is 11.0 Å². The average molecular weight is 1010 g/mol. The standard InChI is InChI=1S/C51H65BrN11O4P/c1-6-35-30-43(57-51-55-32-40(52)49(59-51)56-42-11-10-41-47(54-19-18-53-41)48(42)68(4,5)66)45(67-3)31-44(35)63-23-16-36(17-24-63)62-27-25-60(26-28-62)20-13-34-14-21-61(22-15-34)37-7-8-38(33(2)29-37)39-9-12-46(64)58-50(39)65/h7-8,10-11,18-19,29-32,34,36,39H,6,9,12-17,20-28H2,1-5H3,(H,58,64,65)(H2,55,56,57,59). The highest BCUT2D eigenvalue weighted by Crippen LogP contribution is 2.42. The van der Waals surface area contributed by atoms with Crippen LogP contribution in [0.15, 0.2) is 65.5 Å². The van der Waals surface area contributed by atoms with Gasteiger partial charge in [-0.15, -0.1) is 0 Å². The van der Waals surface area contributed by atoms with Crippen molar-refractivity contribution in [1.29, 1.82) is 0 Å². The van der Waals surface area contributed by atoms with E-state index in [4.69, 9.17) is 9.72 Å². The second-order valence-corrected chi connectivity index (χ2v) is 23.3. The number of piperidine rings is 3. The fourth-order valence-electron chi connectivity index (χ4n) is 10.8. The summed E-state index contributed by atoms with van der Waals surface area (Å²) < 4.78 is 20.2. The number of benzene rings is 3. The molecule has 0 spiro atoms. The predicted molar refractivity (Wildman–Crippen MR) is 276 cm³/mol. The first-order valence-electron chi connectivity index (χ1n) is 24.3. The summed E-state index contributed by atoms with van der Waals surface area (Å²) in [7, 11) is -1.06. The number of aromatic nitrogens is 4. The number of nitrogens with zero attached hydrogens (tertiary/aromatic N) is 8. The van der Waals surface area contributed by atoms with Gasteiger partial charge < -0.3 is 34.6 Å². The summed E-state index contributed by atoms with van der Waals surface area (Å²) in [6.45, 7) is 17.6. The molecule has 2 aromatic heterocycles. The number of piperazine rings is 1. The van der Waals surface area contributed by atoms with E-state index < -0.39 is 7.14 Å². The van der Waals surface area contributed by atoms with Gasteiger partial charge in [-0.05, 0) is 141 Å². The third-order valence-corrected chi connectivity index (χ3v) is 16.7. The molecular weight excluding hydrogens is 942 g/mol. The molecule has 68 heavy (non-hydrogen) atoms. The quantitative estimate of drug-likeness (QED) is 0.0721. The number of carbonyl (C=O) groups is 2. The lowest BCUT2D eigenvalue weighted by Gasteiger charge is -2.44. The van der Waals surface area contributed by atoms with Crippen LogP contribution in [0, 0.1) is 12.8 Å². The van der Waals surface area contributed by atoms with Crippen LogP contribution in [0.1, 0.15) is 74.5 Å². The summed E-state index contributed by atoms with van der Waals surface area (Å²) in [5.74, 6) is 1.83. The van der Waals surface area contributed by atoms with Crippen molar-refractivity contribution in [3.63, 3.8) is 0 Å². The molecule has 4 aliphatic rings. The molecule has 4 saturated heterocycles. The lowest BCUT2D eigenvalue weighted by molar-refractivity contribution is -0.134. The van der Waals surface area contributed by atoms with Gasteiger partial charge in [-0.1, -0.05) is 13.0 Å². The predicted octanol–water partition coefficient (Wildman–Crippen LogP) is 8.21. The van der Waals surface area contributed by atoms with Crippen LogP contribution in [0.4, 0.5) is 34.5 Å². The van der Waals surface area contributed by atoms with E-state index in [1.807, 2.05) is 12.1 Å². The molecule has 3 N–H and O–H groups in total. The average Bonchev–Trinajstić information content (AvgIpc) is 3.34. The van der Waals surface area contributed by atoms with Crippen molar-refractivity contribution >= 4 is 85.7 Å². The van der Waals surface area contributed by atoms with Gasteiger partial charge in [-0.2, -0.15) is 4.98 Å². The number of fused-ring (bicyclic) bond motifs is 1. The zero-order valence-electron chi connectivity index (χ0n) is 40.1. The molecule has 0 aliphatic carbocycles. The van der Waals surface area contributed by atoms with Crippen molar-refractivity contribution in [3.05, 3.63) is 82.2 Å². The summed E-state index contributed by atoms with van der Waals surface area (Å²) in [5, 5.41) is 9.96. The number of nitrogens with one attached hydrogen (secondary N) is 3. The molecule has 15 nitrogen and oxygen atoms in total. The third-order valence-electron chi connectivity index (χ3n) is 14.6. The van der Waals surface area contributed by atoms with Gasteiger partial charge in [0.05, 0.1) is 39.7 Å². The number of methoxy groups -OCH3 is 1. The maximum Gasteiger partial charge on any atom is 0.234 e. The molecule has 4 aliphatic heterocycles. The number of halogens is 1.